The smallest absolute Gasteiger partial charge is 0.283 e. The SMILES string of the molecule is CS(=O)(=O)O.C[C@H](Nc1ncnc(N)c1C#N)c1nn2ccc(C#N)c2c(=O)n1-c1ccccc1. The molecule has 0 aliphatic rings. The van der Waals surface area contributed by atoms with Gasteiger partial charge in [-0.25, -0.2) is 14.5 Å². The summed E-state index contributed by atoms with van der Waals surface area (Å²) in [7, 11) is -3.67. The van der Waals surface area contributed by atoms with Crippen LogP contribution >= 0.6 is 0 Å². The highest BCUT2D eigenvalue weighted by molar-refractivity contribution is 7.85. The average Bonchev–Trinajstić information content (AvgIpc) is 3.22. The molecule has 178 valence electrons. The Hall–Kier alpha value is -4.79. The van der Waals surface area contributed by atoms with Crippen LogP contribution in [0.5, 0.6) is 0 Å². The maximum atomic E-state index is 13.3. The highest BCUT2D eigenvalue weighted by atomic mass is 32.2. The fourth-order valence-electron chi connectivity index (χ4n) is 3.17. The molecule has 3 heterocycles. The first-order valence-electron chi connectivity index (χ1n) is 9.84. The molecule has 1 aromatic carbocycles. The number of aromatic nitrogens is 5. The van der Waals surface area contributed by atoms with Gasteiger partial charge in [0.2, 0.25) is 0 Å². The van der Waals surface area contributed by atoms with E-state index in [1.54, 1.807) is 43.5 Å². The zero-order valence-corrected chi connectivity index (χ0v) is 19.3. The Balaban J connectivity index is 0.000000623. The van der Waals surface area contributed by atoms with Crippen molar-refractivity contribution in [1.82, 2.24) is 24.1 Å². The number of hydrogen-bond donors (Lipinski definition) is 3. The predicted molar refractivity (Wildman–Crippen MR) is 126 cm³/mol. The Labute approximate surface area is 199 Å². The molecule has 0 fully saturated rings. The van der Waals surface area contributed by atoms with Gasteiger partial charge < -0.3 is 11.1 Å². The summed E-state index contributed by atoms with van der Waals surface area (Å²) in [6, 6.07) is 14.0. The van der Waals surface area contributed by atoms with E-state index in [4.69, 9.17) is 10.3 Å². The number of nitriles is 2. The van der Waals surface area contributed by atoms with Crippen molar-refractivity contribution >= 4 is 27.3 Å². The van der Waals surface area contributed by atoms with Crippen molar-refractivity contribution < 1.29 is 13.0 Å². The lowest BCUT2D eigenvalue weighted by Gasteiger charge is -2.20. The van der Waals surface area contributed by atoms with Gasteiger partial charge >= 0.3 is 0 Å². The Morgan fingerprint density at radius 3 is 2.40 bits per heavy atom. The third kappa shape index (κ3) is 5.59. The number of hydrogen-bond acceptors (Lipinski definition) is 10. The first-order valence-corrected chi connectivity index (χ1v) is 11.7. The first-order chi connectivity index (χ1) is 16.5. The molecule has 4 aromatic rings. The van der Waals surface area contributed by atoms with E-state index < -0.39 is 16.2 Å². The monoisotopic (exact) mass is 493 g/mol. The maximum absolute atomic E-state index is 13.3. The van der Waals surface area contributed by atoms with Crippen LogP contribution in [0, 0.1) is 22.7 Å². The quantitative estimate of drug-likeness (QED) is 0.345. The van der Waals surface area contributed by atoms with Gasteiger partial charge in [0.1, 0.15) is 41.2 Å². The second-order valence-corrected chi connectivity index (χ2v) is 8.63. The van der Waals surface area contributed by atoms with Crippen LogP contribution in [0.15, 0.2) is 53.7 Å². The van der Waals surface area contributed by atoms with E-state index in [0.29, 0.717) is 17.8 Å². The number of nitrogen functional groups attached to an aromatic ring is 1. The van der Waals surface area contributed by atoms with Gasteiger partial charge in [0, 0.05) is 6.20 Å². The molecule has 3 aromatic heterocycles. The van der Waals surface area contributed by atoms with Crippen molar-refractivity contribution in [3.8, 4) is 17.8 Å². The van der Waals surface area contributed by atoms with Crippen molar-refractivity contribution in [2.75, 3.05) is 17.3 Å². The first kappa shape index (κ1) is 24.8. The number of benzene rings is 1. The number of anilines is 2. The van der Waals surface area contributed by atoms with Gasteiger partial charge in [0.25, 0.3) is 15.7 Å². The summed E-state index contributed by atoms with van der Waals surface area (Å²) < 4.78 is 28.7. The topological polar surface area (TPSA) is 205 Å². The number of para-hydroxylation sites is 1. The van der Waals surface area contributed by atoms with Crippen molar-refractivity contribution in [1.29, 1.82) is 10.5 Å². The summed E-state index contributed by atoms with van der Waals surface area (Å²) in [6.45, 7) is 1.78. The standard InChI is InChI=1S/C20H15N9O.CH4O3S/c1-12(26-18-15(10-22)17(23)24-11-25-18)19-27-28-8-7-13(9-21)16(28)20(30)29(19)14-5-3-2-4-6-14;1-5(2,3)4/h2-8,11-12H,1H3,(H3,23,24,25,26);1H3,(H,2,3,4)/t12-;/m0./s1. The molecule has 35 heavy (non-hydrogen) atoms. The van der Waals surface area contributed by atoms with E-state index in [0.717, 1.165) is 0 Å². The predicted octanol–water partition coefficient (Wildman–Crippen LogP) is 1.28. The summed E-state index contributed by atoms with van der Waals surface area (Å²) in [4.78, 5) is 21.3. The Morgan fingerprint density at radius 2 is 1.80 bits per heavy atom. The van der Waals surface area contributed by atoms with Gasteiger partial charge in [-0.1, -0.05) is 18.2 Å². The summed E-state index contributed by atoms with van der Waals surface area (Å²) in [6.07, 6.45) is 3.52. The van der Waals surface area contributed by atoms with Gasteiger partial charge in [-0.2, -0.15) is 24.0 Å². The number of rotatable bonds is 4. The molecule has 0 aliphatic heterocycles. The average molecular weight is 494 g/mol. The molecule has 0 radical (unpaired) electrons. The molecule has 0 bridgehead atoms. The zero-order valence-electron chi connectivity index (χ0n) is 18.5. The molecule has 4 rings (SSSR count). The Kier molecular flexibility index (Phi) is 7.10. The lowest BCUT2D eigenvalue weighted by Crippen LogP contribution is -2.29. The third-order valence-corrected chi connectivity index (χ3v) is 4.58. The molecule has 14 heteroatoms. The number of fused-ring (bicyclic) bond motifs is 1. The number of nitrogens with one attached hydrogen (secondary N) is 1. The Morgan fingerprint density at radius 1 is 1.14 bits per heavy atom. The lowest BCUT2D eigenvalue weighted by molar-refractivity contribution is 0.490. The van der Waals surface area contributed by atoms with Crippen LogP contribution in [0.1, 0.15) is 29.9 Å². The van der Waals surface area contributed by atoms with Crippen molar-refractivity contribution in [2.45, 2.75) is 13.0 Å². The van der Waals surface area contributed by atoms with Crippen molar-refractivity contribution in [3.63, 3.8) is 0 Å². The molecule has 1 atom stereocenters. The van der Waals surface area contributed by atoms with Gasteiger partial charge in [-0.3, -0.25) is 13.9 Å². The molecule has 0 unspecified atom stereocenters. The number of nitrogens with zero attached hydrogens (tertiary/aromatic N) is 7. The minimum atomic E-state index is -3.67. The van der Waals surface area contributed by atoms with Crippen molar-refractivity contribution in [2.24, 2.45) is 0 Å². The fourth-order valence-corrected chi connectivity index (χ4v) is 3.17. The van der Waals surface area contributed by atoms with E-state index in [9.17, 15) is 23.7 Å². The van der Waals surface area contributed by atoms with Crippen LogP contribution in [0.2, 0.25) is 0 Å². The third-order valence-electron chi connectivity index (χ3n) is 4.58. The van der Waals surface area contributed by atoms with Gasteiger partial charge in [0.05, 0.1) is 23.5 Å². The molecule has 0 saturated heterocycles. The second kappa shape index (κ2) is 10.0. The van der Waals surface area contributed by atoms with Crippen molar-refractivity contribution in [3.05, 3.63) is 76.2 Å². The fraction of sp³-hybridized carbons (Fsp3) is 0.143. The molecular formula is C21H19N9O4S. The molecule has 4 N–H and O–H groups in total. The molecule has 0 amide bonds. The molecular weight excluding hydrogens is 474 g/mol. The van der Waals surface area contributed by atoms with Crippen LogP contribution in [0.25, 0.3) is 11.2 Å². The van der Waals surface area contributed by atoms with Gasteiger partial charge in [-0.15, -0.1) is 0 Å². The maximum Gasteiger partial charge on any atom is 0.283 e. The summed E-state index contributed by atoms with van der Waals surface area (Å²) >= 11 is 0. The van der Waals surface area contributed by atoms with Gasteiger partial charge in [-0.05, 0) is 25.1 Å². The largest absolute Gasteiger partial charge is 0.382 e. The van der Waals surface area contributed by atoms with E-state index in [1.807, 2.05) is 18.2 Å². The van der Waals surface area contributed by atoms with E-state index in [-0.39, 0.29) is 33.8 Å². The van der Waals surface area contributed by atoms with Crippen LogP contribution in [-0.2, 0) is 10.1 Å². The van der Waals surface area contributed by atoms with Crippen LogP contribution < -0.4 is 16.6 Å². The molecule has 0 spiro atoms. The summed E-state index contributed by atoms with van der Waals surface area (Å²) in [5, 5.41) is 26.4. The van der Waals surface area contributed by atoms with E-state index in [2.05, 4.69) is 20.4 Å². The normalized spacial score (nSPS) is 11.6. The highest BCUT2D eigenvalue weighted by Crippen LogP contribution is 2.23. The molecule has 13 nitrogen and oxygen atoms in total. The zero-order chi connectivity index (χ0) is 25.8. The van der Waals surface area contributed by atoms with E-state index in [1.165, 1.54) is 15.4 Å². The Bertz CT molecular complexity index is 1620. The number of nitrogens with two attached hydrogens (primary N) is 1. The molecule has 0 saturated carbocycles. The minimum Gasteiger partial charge on any atom is -0.382 e. The minimum absolute atomic E-state index is 0.0510. The van der Waals surface area contributed by atoms with Crippen LogP contribution in [0.4, 0.5) is 11.6 Å². The second-order valence-electron chi connectivity index (χ2n) is 7.16. The van der Waals surface area contributed by atoms with E-state index >= 15 is 0 Å². The molecule has 0 aliphatic carbocycles. The highest BCUT2D eigenvalue weighted by Gasteiger charge is 2.22. The lowest BCUT2D eigenvalue weighted by atomic mass is 10.2. The summed E-state index contributed by atoms with van der Waals surface area (Å²) in [5.74, 6) is 0.645. The van der Waals surface area contributed by atoms with Crippen LogP contribution in [-0.4, -0.2) is 43.4 Å². The van der Waals surface area contributed by atoms with Crippen LogP contribution in [0.3, 0.4) is 0 Å². The summed E-state index contributed by atoms with van der Waals surface area (Å²) in [5.41, 5.74) is 6.49. The van der Waals surface area contributed by atoms with Gasteiger partial charge in [0.15, 0.2) is 5.82 Å².